The molecule has 1 aromatic carbocycles. The minimum atomic E-state index is 0.740. The zero-order valence-electron chi connectivity index (χ0n) is 11.0. The van der Waals surface area contributed by atoms with Crippen molar-refractivity contribution in [1.29, 1.82) is 0 Å². The molecule has 4 heteroatoms. The lowest BCUT2D eigenvalue weighted by molar-refractivity contribution is 0.396. The SMILES string of the molecule is COc1cc(OC)c2c(ccn2CCCCN)c1. The predicted octanol–water partition coefficient (Wildman–Crippen LogP) is 2.40. The summed E-state index contributed by atoms with van der Waals surface area (Å²) in [5.74, 6) is 1.67. The molecule has 1 heterocycles. The van der Waals surface area contributed by atoms with Crippen molar-refractivity contribution >= 4 is 10.9 Å². The average molecular weight is 248 g/mol. The summed E-state index contributed by atoms with van der Waals surface area (Å²) in [7, 11) is 3.35. The second kappa shape index (κ2) is 5.78. The van der Waals surface area contributed by atoms with Crippen molar-refractivity contribution in [3.8, 4) is 11.5 Å². The molecular formula is C14H20N2O2. The summed E-state index contributed by atoms with van der Waals surface area (Å²) in [6.07, 6.45) is 4.21. The van der Waals surface area contributed by atoms with Crippen molar-refractivity contribution in [1.82, 2.24) is 4.57 Å². The second-order valence-electron chi connectivity index (χ2n) is 4.27. The van der Waals surface area contributed by atoms with Crippen molar-refractivity contribution in [3.63, 3.8) is 0 Å². The van der Waals surface area contributed by atoms with Crippen LogP contribution in [0.25, 0.3) is 10.9 Å². The van der Waals surface area contributed by atoms with Crippen LogP contribution in [0.5, 0.6) is 11.5 Å². The lowest BCUT2D eigenvalue weighted by Crippen LogP contribution is -2.03. The summed E-state index contributed by atoms with van der Waals surface area (Å²) in [6, 6.07) is 6.03. The third kappa shape index (κ3) is 2.43. The van der Waals surface area contributed by atoms with E-state index in [-0.39, 0.29) is 0 Å². The highest BCUT2D eigenvalue weighted by molar-refractivity contribution is 5.87. The molecule has 0 atom stereocenters. The van der Waals surface area contributed by atoms with E-state index < -0.39 is 0 Å². The topological polar surface area (TPSA) is 49.4 Å². The number of hydrogen-bond acceptors (Lipinski definition) is 3. The lowest BCUT2D eigenvalue weighted by atomic mass is 10.2. The molecular weight excluding hydrogens is 228 g/mol. The highest BCUT2D eigenvalue weighted by Crippen LogP contribution is 2.32. The molecule has 0 saturated carbocycles. The Kier molecular flexibility index (Phi) is 4.10. The monoisotopic (exact) mass is 248 g/mol. The van der Waals surface area contributed by atoms with Gasteiger partial charge in [0.1, 0.15) is 11.5 Å². The van der Waals surface area contributed by atoms with Crippen molar-refractivity contribution in [2.45, 2.75) is 19.4 Å². The first-order valence-corrected chi connectivity index (χ1v) is 6.21. The first-order chi connectivity index (χ1) is 8.80. The minimum absolute atomic E-state index is 0.740. The van der Waals surface area contributed by atoms with Gasteiger partial charge in [-0.1, -0.05) is 0 Å². The number of methoxy groups -OCH3 is 2. The molecule has 0 bridgehead atoms. The van der Waals surface area contributed by atoms with Gasteiger partial charge in [0.15, 0.2) is 0 Å². The van der Waals surface area contributed by atoms with Crippen molar-refractivity contribution in [2.75, 3.05) is 20.8 Å². The van der Waals surface area contributed by atoms with Gasteiger partial charge in [0.2, 0.25) is 0 Å². The molecule has 98 valence electrons. The van der Waals surface area contributed by atoms with Crippen LogP contribution in [0.2, 0.25) is 0 Å². The molecule has 0 fully saturated rings. The van der Waals surface area contributed by atoms with E-state index in [1.54, 1.807) is 14.2 Å². The van der Waals surface area contributed by atoms with Crippen LogP contribution in [-0.4, -0.2) is 25.3 Å². The quantitative estimate of drug-likeness (QED) is 0.799. The van der Waals surface area contributed by atoms with Gasteiger partial charge in [-0.25, -0.2) is 0 Å². The third-order valence-corrected chi connectivity index (χ3v) is 3.11. The van der Waals surface area contributed by atoms with Crippen LogP contribution in [0.15, 0.2) is 24.4 Å². The fraction of sp³-hybridized carbons (Fsp3) is 0.429. The molecule has 2 rings (SSSR count). The summed E-state index contributed by atoms with van der Waals surface area (Å²) in [5.41, 5.74) is 6.64. The standard InChI is InChI=1S/C14H20N2O2/c1-17-12-9-11-5-8-16(7-4-3-6-15)14(11)13(10-12)18-2/h5,8-10H,3-4,6-7,15H2,1-2H3. The summed E-state index contributed by atoms with van der Waals surface area (Å²) >= 11 is 0. The Morgan fingerprint density at radius 1 is 1.17 bits per heavy atom. The lowest BCUT2D eigenvalue weighted by Gasteiger charge is -2.10. The Morgan fingerprint density at radius 2 is 2.00 bits per heavy atom. The number of nitrogens with zero attached hydrogens (tertiary/aromatic N) is 1. The molecule has 0 aliphatic rings. The van der Waals surface area contributed by atoms with Crippen LogP contribution in [-0.2, 0) is 6.54 Å². The second-order valence-corrected chi connectivity index (χ2v) is 4.27. The smallest absolute Gasteiger partial charge is 0.146 e. The van der Waals surface area contributed by atoms with E-state index in [4.69, 9.17) is 15.2 Å². The molecule has 4 nitrogen and oxygen atoms in total. The number of rotatable bonds is 6. The first kappa shape index (κ1) is 12.8. The number of aromatic nitrogens is 1. The van der Waals surface area contributed by atoms with Gasteiger partial charge in [0.25, 0.3) is 0 Å². The highest BCUT2D eigenvalue weighted by Gasteiger charge is 2.09. The number of nitrogens with two attached hydrogens (primary N) is 1. The maximum atomic E-state index is 5.52. The van der Waals surface area contributed by atoms with Crippen LogP contribution >= 0.6 is 0 Å². The molecule has 2 N–H and O–H groups in total. The Morgan fingerprint density at radius 3 is 2.67 bits per heavy atom. The molecule has 0 saturated heterocycles. The largest absolute Gasteiger partial charge is 0.497 e. The Hall–Kier alpha value is -1.68. The maximum absolute atomic E-state index is 5.52. The van der Waals surface area contributed by atoms with Gasteiger partial charge >= 0.3 is 0 Å². The van der Waals surface area contributed by atoms with Gasteiger partial charge in [-0.05, 0) is 31.5 Å². The molecule has 0 unspecified atom stereocenters. The molecule has 2 aromatic rings. The van der Waals surface area contributed by atoms with Gasteiger partial charge < -0.3 is 19.8 Å². The number of benzene rings is 1. The molecule has 0 amide bonds. The van der Waals surface area contributed by atoms with E-state index >= 15 is 0 Å². The molecule has 0 aliphatic carbocycles. The van der Waals surface area contributed by atoms with Crippen LogP contribution in [0.1, 0.15) is 12.8 Å². The van der Waals surface area contributed by atoms with Crippen LogP contribution in [0.4, 0.5) is 0 Å². The molecule has 1 aromatic heterocycles. The van der Waals surface area contributed by atoms with E-state index in [0.717, 1.165) is 48.3 Å². The summed E-state index contributed by atoms with van der Waals surface area (Å²) in [6.45, 7) is 1.70. The fourth-order valence-corrected chi connectivity index (χ4v) is 2.17. The Balaban J connectivity index is 2.37. The molecule has 0 spiro atoms. The highest BCUT2D eigenvalue weighted by atomic mass is 16.5. The molecule has 0 radical (unpaired) electrons. The first-order valence-electron chi connectivity index (χ1n) is 6.21. The predicted molar refractivity (Wildman–Crippen MR) is 73.3 cm³/mol. The Bertz CT molecular complexity index is 520. The summed E-state index contributed by atoms with van der Waals surface area (Å²) < 4.78 is 12.9. The molecule has 18 heavy (non-hydrogen) atoms. The van der Waals surface area contributed by atoms with E-state index in [2.05, 4.69) is 16.8 Å². The molecule has 0 aliphatic heterocycles. The summed E-state index contributed by atoms with van der Waals surface area (Å²) in [5, 5.41) is 1.14. The van der Waals surface area contributed by atoms with Crippen molar-refractivity contribution in [2.24, 2.45) is 5.73 Å². The van der Waals surface area contributed by atoms with Gasteiger partial charge in [-0.2, -0.15) is 0 Å². The van der Waals surface area contributed by atoms with Gasteiger partial charge in [0, 0.05) is 24.2 Å². The zero-order valence-corrected chi connectivity index (χ0v) is 11.0. The zero-order chi connectivity index (χ0) is 13.0. The van der Waals surface area contributed by atoms with Crippen LogP contribution < -0.4 is 15.2 Å². The van der Waals surface area contributed by atoms with Crippen LogP contribution in [0.3, 0.4) is 0 Å². The number of fused-ring (bicyclic) bond motifs is 1. The summed E-state index contributed by atoms with van der Waals surface area (Å²) in [4.78, 5) is 0. The average Bonchev–Trinajstić information content (AvgIpc) is 2.81. The van der Waals surface area contributed by atoms with E-state index in [0.29, 0.717) is 0 Å². The van der Waals surface area contributed by atoms with Gasteiger partial charge in [0.05, 0.1) is 19.7 Å². The van der Waals surface area contributed by atoms with E-state index in [1.165, 1.54) is 0 Å². The van der Waals surface area contributed by atoms with E-state index in [1.807, 2.05) is 12.1 Å². The van der Waals surface area contributed by atoms with Crippen molar-refractivity contribution < 1.29 is 9.47 Å². The number of hydrogen-bond donors (Lipinski definition) is 1. The van der Waals surface area contributed by atoms with Crippen molar-refractivity contribution in [3.05, 3.63) is 24.4 Å². The van der Waals surface area contributed by atoms with Gasteiger partial charge in [-0.15, -0.1) is 0 Å². The van der Waals surface area contributed by atoms with E-state index in [9.17, 15) is 0 Å². The number of unbranched alkanes of at least 4 members (excludes halogenated alkanes) is 1. The fourth-order valence-electron chi connectivity index (χ4n) is 2.17. The van der Waals surface area contributed by atoms with Gasteiger partial charge in [-0.3, -0.25) is 0 Å². The number of ether oxygens (including phenoxy) is 2. The normalized spacial score (nSPS) is 10.8. The van der Waals surface area contributed by atoms with Crippen LogP contribution in [0, 0.1) is 0 Å². The number of aryl methyl sites for hydroxylation is 1. The minimum Gasteiger partial charge on any atom is -0.497 e. The third-order valence-electron chi connectivity index (χ3n) is 3.11. The Labute approximate surface area is 107 Å². The maximum Gasteiger partial charge on any atom is 0.146 e.